The lowest BCUT2D eigenvalue weighted by atomic mass is 10.6. The molecule has 0 saturated heterocycles. The Balaban J connectivity index is 2.29. The second kappa shape index (κ2) is 2.55. The van der Waals surface area contributed by atoms with Crippen LogP contribution in [0.25, 0.3) is 0 Å². The maximum atomic E-state index is 4.28. The van der Waals surface area contributed by atoms with Crippen LogP contribution in [0.15, 0.2) is 12.2 Å². The highest BCUT2D eigenvalue weighted by Crippen LogP contribution is 2.06. The zero-order valence-corrected chi connectivity index (χ0v) is 5.94. The number of hydrogen-bond donors (Lipinski definition) is 1. The van der Waals surface area contributed by atoms with Crippen molar-refractivity contribution in [1.82, 2.24) is 4.90 Å². The first-order chi connectivity index (χ1) is 3.80. The lowest BCUT2D eigenvalue weighted by Crippen LogP contribution is -2.25. The van der Waals surface area contributed by atoms with E-state index in [1.165, 1.54) is 0 Å². The fourth-order valence-corrected chi connectivity index (χ4v) is 0.988. The maximum absolute atomic E-state index is 4.28. The molecule has 0 aliphatic carbocycles. The lowest BCUT2D eigenvalue weighted by Gasteiger charge is -2.17. The minimum atomic E-state index is 0.407. The Hall–Kier alpha value is 0.0500. The van der Waals surface area contributed by atoms with Gasteiger partial charge in [0.25, 0.3) is 0 Å². The highest BCUT2D eigenvalue weighted by atomic mass is 32.1. The Labute approximate surface area is 55.8 Å². The fourth-order valence-electron chi connectivity index (χ4n) is 0.799. The number of hydrogen-bond acceptors (Lipinski definition) is 2. The number of thiol groups is 1. The molecule has 0 amide bonds. The minimum Gasteiger partial charge on any atom is -0.285 e. The Bertz CT molecular complexity index is 90.7. The molecule has 0 aromatic carbocycles. The van der Waals surface area contributed by atoms with Gasteiger partial charge in [-0.2, -0.15) is 12.6 Å². The van der Waals surface area contributed by atoms with E-state index in [0.717, 1.165) is 13.1 Å². The molecule has 0 fully saturated rings. The number of rotatable bonds is 1. The molecule has 0 aromatic rings. The highest BCUT2D eigenvalue weighted by Gasteiger charge is 2.08. The van der Waals surface area contributed by atoms with Crippen molar-refractivity contribution in [2.45, 2.75) is 12.3 Å². The second-order valence-electron chi connectivity index (χ2n) is 2.06. The van der Waals surface area contributed by atoms with Gasteiger partial charge in [-0.05, 0) is 6.92 Å². The van der Waals surface area contributed by atoms with E-state index in [1.54, 1.807) is 0 Å². The molecule has 1 aliphatic heterocycles. The average molecular weight is 129 g/mol. The third-order valence-electron chi connectivity index (χ3n) is 1.37. The molecule has 1 aliphatic rings. The van der Waals surface area contributed by atoms with E-state index in [4.69, 9.17) is 0 Å². The lowest BCUT2D eigenvalue weighted by molar-refractivity contribution is 0.348. The van der Waals surface area contributed by atoms with E-state index < -0.39 is 0 Å². The monoisotopic (exact) mass is 129 g/mol. The molecule has 1 heterocycles. The van der Waals surface area contributed by atoms with Crippen LogP contribution in [0.1, 0.15) is 6.92 Å². The predicted octanol–water partition coefficient (Wildman–Crippen LogP) is 1.13. The molecule has 1 nitrogen and oxygen atoms in total. The van der Waals surface area contributed by atoms with Crippen LogP contribution in [0.5, 0.6) is 0 Å². The molecular weight excluding hydrogens is 118 g/mol. The predicted molar refractivity (Wildman–Crippen MR) is 39.2 cm³/mol. The van der Waals surface area contributed by atoms with Gasteiger partial charge >= 0.3 is 0 Å². The van der Waals surface area contributed by atoms with E-state index >= 15 is 0 Å². The van der Waals surface area contributed by atoms with Gasteiger partial charge in [-0.3, -0.25) is 4.90 Å². The fraction of sp³-hybridized carbons (Fsp3) is 0.667. The molecule has 1 atom stereocenters. The maximum Gasteiger partial charge on any atom is 0.0505 e. The van der Waals surface area contributed by atoms with Crippen LogP contribution in [0.3, 0.4) is 0 Å². The van der Waals surface area contributed by atoms with Crippen LogP contribution in [0.2, 0.25) is 0 Å². The van der Waals surface area contributed by atoms with Gasteiger partial charge in [-0.1, -0.05) is 12.2 Å². The quantitative estimate of drug-likeness (QED) is 0.410. The highest BCUT2D eigenvalue weighted by molar-refractivity contribution is 7.80. The summed E-state index contributed by atoms with van der Waals surface area (Å²) in [5, 5.41) is 0.407. The molecule has 46 valence electrons. The summed E-state index contributed by atoms with van der Waals surface area (Å²) in [6, 6.07) is 0. The van der Waals surface area contributed by atoms with Gasteiger partial charge in [0.2, 0.25) is 0 Å². The largest absolute Gasteiger partial charge is 0.285 e. The molecule has 8 heavy (non-hydrogen) atoms. The van der Waals surface area contributed by atoms with Gasteiger partial charge in [-0.15, -0.1) is 0 Å². The van der Waals surface area contributed by atoms with Crippen LogP contribution in [0.4, 0.5) is 0 Å². The van der Waals surface area contributed by atoms with E-state index in [-0.39, 0.29) is 0 Å². The minimum absolute atomic E-state index is 0.407. The Kier molecular flexibility index (Phi) is 1.97. The second-order valence-corrected chi connectivity index (χ2v) is 2.80. The average Bonchev–Trinajstić information content (AvgIpc) is 2.12. The molecule has 0 spiro atoms. The molecule has 0 saturated carbocycles. The van der Waals surface area contributed by atoms with Gasteiger partial charge in [-0.25, -0.2) is 0 Å². The molecular formula is C6H11NS. The van der Waals surface area contributed by atoms with Crippen molar-refractivity contribution < 1.29 is 0 Å². The number of nitrogens with zero attached hydrogens (tertiary/aromatic N) is 1. The third-order valence-corrected chi connectivity index (χ3v) is 1.70. The third kappa shape index (κ3) is 1.26. The summed E-state index contributed by atoms with van der Waals surface area (Å²) >= 11 is 4.28. The van der Waals surface area contributed by atoms with E-state index in [2.05, 4.69) is 36.6 Å². The SMILES string of the molecule is CC(S)N1CC=CC1. The van der Waals surface area contributed by atoms with E-state index in [9.17, 15) is 0 Å². The first kappa shape index (κ1) is 6.17. The topological polar surface area (TPSA) is 3.24 Å². The molecule has 0 aromatic heterocycles. The standard InChI is InChI=1S/C6H11NS/c1-6(8)7-4-2-3-5-7/h2-3,6,8H,4-5H2,1H3. The molecule has 0 bridgehead atoms. The van der Waals surface area contributed by atoms with Gasteiger partial charge in [0.1, 0.15) is 0 Å². The molecule has 0 N–H and O–H groups in total. The summed E-state index contributed by atoms with van der Waals surface area (Å²) in [6.07, 6.45) is 4.35. The summed E-state index contributed by atoms with van der Waals surface area (Å²) in [7, 11) is 0. The van der Waals surface area contributed by atoms with Crippen LogP contribution < -0.4 is 0 Å². The smallest absolute Gasteiger partial charge is 0.0505 e. The first-order valence-electron chi connectivity index (χ1n) is 2.88. The van der Waals surface area contributed by atoms with Crippen molar-refractivity contribution in [3.05, 3.63) is 12.2 Å². The van der Waals surface area contributed by atoms with E-state index in [1.807, 2.05) is 0 Å². The summed E-state index contributed by atoms with van der Waals surface area (Å²) in [5.74, 6) is 0. The van der Waals surface area contributed by atoms with Gasteiger partial charge in [0, 0.05) is 13.1 Å². The molecule has 0 radical (unpaired) electrons. The Morgan fingerprint density at radius 3 is 2.25 bits per heavy atom. The van der Waals surface area contributed by atoms with Crippen molar-refractivity contribution in [3.8, 4) is 0 Å². The van der Waals surface area contributed by atoms with Crippen LogP contribution >= 0.6 is 12.6 Å². The Morgan fingerprint density at radius 1 is 1.50 bits per heavy atom. The van der Waals surface area contributed by atoms with E-state index in [0.29, 0.717) is 5.37 Å². The first-order valence-corrected chi connectivity index (χ1v) is 3.39. The Morgan fingerprint density at radius 2 is 2.00 bits per heavy atom. The van der Waals surface area contributed by atoms with Crippen molar-refractivity contribution in [3.63, 3.8) is 0 Å². The summed E-state index contributed by atoms with van der Waals surface area (Å²) in [5.41, 5.74) is 0. The molecule has 1 unspecified atom stereocenters. The molecule has 2 heteroatoms. The zero-order chi connectivity index (χ0) is 5.98. The summed E-state index contributed by atoms with van der Waals surface area (Å²) in [6.45, 7) is 4.24. The summed E-state index contributed by atoms with van der Waals surface area (Å²) in [4.78, 5) is 2.28. The van der Waals surface area contributed by atoms with Gasteiger partial charge < -0.3 is 0 Å². The van der Waals surface area contributed by atoms with Crippen molar-refractivity contribution >= 4 is 12.6 Å². The normalized spacial score (nSPS) is 24.2. The zero-order valence-electron chi connectivity index (χ0n) is 5.04. The van der Waals surface area contributed by atoms with Crippen LogP contribution in [-0.2, 0) is 0 Å². The van der Waals surface area contributed by atoms with Crippen LogP contribution in [0, 0.1) is 0 Å². The molecule has 1 rings (SSSR count). The van der Waals surface area contributed by atoms with Crippen molar-refractivity contribution in [2.24, 2.45) is 0 Å². The van der Waals surface area contributed by atoms with Gasteiger partial charge in [0.15, 0.2) is 0 Å². The summed E-state index contributed by atoms with van der Waals surface area (Å²) < 4.78 is 0. The van der Waals surface area contributed by atoms with Crippen molar-refractivity contribution in [1.29, 1.82) is 0 Å². The van der Waals surface area contributed by atoms with Crippen LogP contribution in [-0.4, -0.2) is 23.4 Å². The van der Waals surface area contributed by atoms with Crippen molar-refractivity contribution in [2.75, 3.05) is 13.1 Å². The van der Waals surface area contributed by atoms with Gasteiger partial charge in [0.05, 0.1) is 5.37 Å².